The normalized spacial score (nSPS) is 12.5. The third kappa shape index (κ3) is 3.18. The predicted molar refractivity (Wildman–Crippen MR) is 56.1 cm³/mol. The van der Waals surface area contributed by atoms with Crippen LogP contribution in [0.3, 0.4) is 0 Å². The number of aryl methyl sites for hydroxylation is 1. The second kappa shape index (κ2) is 4.76. The molecule has 0 aliphatic heterocycles. The molecule has 14 heavy (non-hydrogen) atoms. The minimum absolute atomic E-state index is 0.202. The Morgan fingerprint density at radius 1 is 1.57 bits per heavy atom. The highest BCUT2D eigenvalue weighted by Gasteiger charge is 2.03. The smallest absolute Gasteiger partial charge is 0.222 e. The SMILES string of the molecule is COCC(C)Nc1cc(C)nc(N)n1. The molecule has 0 spiro atoms. The lowest BCUT2D eigenvalue weighted by atomic mass is 10.3. The number of nitrogens with two attached hydrogens (primary N) is 1. The molecular weight excluding hydrogens is 180 g/mol. The lowest BCUT2D eigenvalue weighted by Crippen LogP contribution is -2.21. The molecule has 0 aliphatic rings. The Labute approximate surface area is 83.7 Å². The summed E-state index contributed by atoms with van der Waals surface area (Å²) in [5, 5.41) is 3.17. The van der Waals surface area contributed by atoms with Gasteiger partial charge in [-0.1, -0.05) is 0 Å². The number of aromatic nitrogens is 2. The third-order valence-electron chi connectivity index (χ3n) is 1.68. The zero-order chi connectivity index (χ0) is 10.6. The van der Waals surface area contributed by atoms with E-state index in [2.05, 4.69) is 15.3 Å². The molecular formula is C9H16N4O. The minimum Gasteiger partial charge on any atom is -0.383 e. The van der Waals surface area contributed by atoms with E-state index in [-0.39, 0.29) is 12.0 Å². The molecule has 1 unspecified atom stereocenters. The molecule has 1 rings (SSSR count). The zero-order valence-corrected chi connectivity index (χ0v) is 8.74. The highest BCUT2D eigenvalue weighted by molar-refractivity contribution is 5.40. The maximum Gasteiger partial charge on any atom is 0.222 e. The fourth-order valence-electron chi connectivity index (χ4n) is 1.21. The van der Waals surface area contributed by atoms with E-state index in [1.54, 1.807) is 7.11 Å². The van der Waals surface area contributed by atoms with E-state index in [4.69, 9.17) is 10.5 Å². The van der Waals surface area contributed by atoms with Gasteiger partial charge in [0.05, 0.1) is 6.61 Å². The highest BCUT2D eigenvalue weighted by Crippen LogP contribution is 2.08. The first-order valence-electron chi connectivity index (χ1n) is 4.48. The Balaban J connectivity index is 2.66. The van der Waals surface area contributed by atoms with Gasteiger partial charge in [0.1, 0.15) is 5.82 Å². The van der Waals surface area contributed by atoms with Gasteiger partial charge in [0.25, 0.3) is 0 Å². The van der Waals surface area contributed by atoms with E-state index >= 15 is 0 Å². The quantitative estimate of drug-likeness (QED) is 0.745. The van der Waals surface area contributed by atoms with Crippen LogP contribution >= 0.6 is 0 Å². The lowest BCUT2D eigenvalue weighted by molar-refractivity contribution is 0.190. The summed E-state index contributed by atoms with van der Waals surface area (Å²) in [6.07, 6.45) is 0. The third-order valence-corrected chi connectivity index (χ3v) is 1.68. The van der Waals surface area contributed by atoms with Gasteiger partial charge in [0.15, 0.2) is 0 Å². The number of rotatable bonds is 4. The van der Waals surface area contributed by atoms with Gasteiger partial charge in [0.2, 0.25) is 5.95 Å². The molecule has 3 N–H and O–H groups in total. The molecule has 1 atom stereocenters. The molecule has 5 nitrogen and oxygen atoms in total. The second-order valence-electron chi connectivity index (χ2n) is 3.25. The lowest BCUT2D eigenvalue weighted by Gasteiger charge is -2.13. The number of methoxy groups -OCH3 is 1. The van der Waals surface area contributed by atoms with E-state index in [1.165, 1.54) is 0 Å². The minimum atomic E-state index is 0.202. The first-order chi connectivity index (χ1) is 6.61. The second-order valence-corrected chi connectivity index (χ2v) is 3.25. The van der Waals surface area contributed by atoms with Gasteiger partial charge in [0, 0.05) is 24.9 Å². The number of anilines is 2. The Kier molecular flexibility index (Phi) is 3.64. The molecule has 78 valence electrons. The number of nitrogens with zero attached hydrogens (tertiary/aromatic N) is 2. The van der Waals surface area contributed by atoms with Crippen LogP contribution in [0.5, 0.6) is 0 Å². The number of nitrogens with one attached hydrogen (secondary N) is 1. The van der Waals surface area contributed by atoms with Crippen molar-refractivity contribution in [3.8, 4) is 0 Å². The summed E-state index contributed by atoms with van der Waals surface area (Å²) in [7, 11) is 1.66. The first kappa shape index (κ1) is 10.7. The zero-order valence-electron chi connectivity index (χ0n) is 8.74. The van der Waals surface area contributed by atoms with Crippen molar-refractivity contribution >= 4 is 11.8 Å². The van der Waals surface area contributed by atoms with Crippen LogP contribution < -0.4 is 11.1 Å². The molecule has 1 aromatic heterocycles. The molecule has 0 aliphatic carbocycles. The monoisotopic (exact) mass is 196 g/mol. The first-order valence-corrected chi connectivity index (χ1v) is 4.48. The summed E-state index contributed by atoms with van der Waals surface area (Å²) in [6.45, 7) is 4.52. The van der Waals surface area contributed by atoms with Crippen molar-refractivity contribution in [1.29, 1.82) is 0 Å². The molecule has 0 fully saturated rings. The van der Waals surface area contributed by atoms with E-state index < -0.39 is 0 Å². The van der Waals surface area contributed by atoms with Gasteiger partial charge in [-0.3, -0.25) is 0 Å². The van der Waals surface area contributed by atoms with Crippen LogP contribution in [0.4, 0.5) is 11.8 Å². The van der Waals surface area contributed by atoms with Crippen LogP contribution in [0.25, 0.3) is 0 Å². The maximum absolute atomic E-state index is 5.52. The molecule has 0 aromatic carbocycles. The summed E-state index contributed by atoms with van der Waals surface area (Å²) in [4.78, 5) is 8.04. The molecule has 0 saturated heterocycles. The fraction of sp³-hybridized carbons (Fsp3) is 0.556. The van der Waals surface area contributed by atoms with Gasteiger partial charge < -0.3 is 15.8 Å². The van der Waals surface area contributed by atoms with E-state index in [0.717, 1.165) is 11.5 Å². The fourth-order valence-corrected chi connectivity index (χ4v) is 1.21. The van der Waals surface area contributed by atoms with Crippen LogP contribution in [0.1, 0.15) is 12.6 Å². The van der Waals surface area contributed by atoms with Gasteiger partial charge in [-0.2, -0.15) is 4.98 Å². The molecule has 5 heteroatoms. The Hall–Kier alpha value is -1.36. The van der Waals surface area contributed by atoms with Gasteiger partial charge in [-0.05, 0) is 13.8 Å². The number of nitrogen functional groups attached to an aromatic ring is 1. The summed E-state index contributed by atoms with van der Waals surface area (Å²) in [5.74, 6) is 1.02. The molecule has 1 heterocycles. The molecule has 0 amide bonds. The molecule has 0 radical (unpaired) electrons. The molecule has 1 aromatic rings. The topological polar surface area (TPSA) is 73.1 Å². The predicted octanol–water partition coefficient (Wildman–Crippen LogP) is 0.814. The van der Waals surface area contributed by atoms with Crippen molar-refractivity contribution in [3.05, 3.63) is 11.8 Å². The Bertz CT molecular complexity index is 283. The standard InChI is InChI=1S/C9H16N4O/c1-6-4-8(13-9(10)12-6)11-7(2)5-14-3/h4,7H,5H2,1-3H3,(H3,10,11,12,13). The van der Waals surface area contributed by atoms with Crippen molar-refractivity contribution < 1.29 is 4.74 Å². The van der Waals surface area contributed by atoms with Crippen LogP contribution in [-0.4, -0.2) is 29.7 Å². The number of hydrogen-bond donors (Lipinski definition) is 2. The molecule has 0 saturated carbocycles. The summed E-state index contributed by atoms with van der Waals surface area (Å²) in [5.41, 5.74) is 6.37. The van der Waals surface area contributed by atoms with Crippen LogP contribution in [-0.2, 0) is 4.74 Å². The largest absolute Gasteiger partial charge is 0.383 e. The number of ether oxygens (including phenoxy) is 1. The average molecular weight is 196 g/mol. The van der Waals surface area contributed by atoms with Crippen molar-refractivity contribution in [1.82, 2.24) is 9.97 Å². The van der Waals surface area contributed by atoms with Crippen LogP contribution in [0.2, 0.25) is 0 Å². The van der Waals surface area contributed by atoms with E-state index in [1.807, 2.05) is 19.9 Å². The number of hydrogen-bond acceptors (Lipinski definition) is 5. The highest BCUT2D eigenvalue weighted by atomic mass is 16.5. The summed E-state index contributed by atoms with van der Waals surface area (Å²) >= 11 is 0. The summed E-state index contributed by atoms with van der Waals surface area (Å²) < 4.78 is 5.00. The van der Waals surface area contributed by atoms with Crippen molar-refractivity contribution in [2.75, 3.05) is 24.8 Å². The Morgan fingerprint density at radius 2 is 2.29 bits per heavy atom. The van der Waals surface area contributed by atoms with Gasteiger partial charge >= 0.3 is 0 Å². The van der Waals surface area contributed by atoms with Crippen molar-refractivity contribution in [2.45, 2.75) is 19.9 Å². The van der Waals surface area contributed by atoms with Crippen LogP contribution in [0.15, 0.2) is 6.07 Å². The Morgan fingerprint density at radius 3 is 2.86 bits per heavy atom. The average Bonchev–Trinajstić information content (AvgIpc) is 2.01. The molecule has 0 bridgehead atoms. The van der Waals surface area contributed by atoms with Crippen molar-refractivity contribution in [3.63, 3.8) is 0 Å². The van der Waals surface area contributed by atoms with E-state index in [9.17, 15) is 0 Å². The van der Waals surface area contributed by atoms with E-state index in [0.29, 0.717) is 6.61 Å². The maximum atomic E-state index is 5.52. The van der Waals surface area contributed by atoms with Crippen molar-refractivity contribution in [2.24, 2.45) is 0 Å². The summed E-state index contributed by atoms with van der Waals surface area (Å²) in [6, 6.07) is 2.05. The van der Waals surface area contributed by atoms with Gasteiger partial charge in [-0.15, -0.1) is 0 Å². The van der Waals surface area contributed by atoms with Gasteiger partial charge in [-0.25, -0.2) is 4.98 Å². The van der Waals surface area contributed by atoms with Crippen LogP contribution in [0, 0.1) is 6.92 Å².